The molecule has 0 aromatic heterocycles. The summed E-state index contributed by atoms with van der Waals surface area (Å²) in [4.78, 5) is 4.55. The Morgan fingerprint density at radius 2 is 2.21 bits per heavy atom. The van der Waals surface area contributed by atoms with Crippen molar-refractivity contribution in [2.24, 2.45) is 10.9 Å². The molecule has 2 rings (SSSR count). The van der Waals surface area contributed by atoms with Gasteiger partial charge in [0.15, 0.2) is 5.17 Å². The van der Waals surface area contributed by atoms with Gasteiger partial charge >= 0.3 is 0 Å². The number of thioether (sulfide) groups is 1. The van der Waals surface area contributed by atoms with Gasteiger partial charge in [0.1, 0.15) is 5.82 Å². The lowest BCUT2D eigenvalue weighted by molar-refractivity contribution is 0.479. The van der Waals surface area contributed by atoms with Crippen LogP contribution in [0.15, 0.2) is 27.7 Å². The second-order valence-corrected chi connectivity index (χ2v) is 6.71. The molecule has 5 heteroatoms. The smallest absolute Gasteiger partial charge is 0.161 e. The highest BCUT2D eigenvalue weighted by atomic mass is 79.9. The number of halogens is 2. The number of nitrogens with one attached hydrogen (secondary N) is 1. The van der Waals surface area contributed by atoms with Crippen LogP contribution in [0.3, 0.4) is 0 Å². The number of nitrogens with zero attached hydrogens (tertiary/aromatic N) is 1. The molecule has 0 bridgehead atoms. The van der Waals surface area contributed by atoms with Crippen molar-refractivity contribution in [1.29, 1.82) is 0 Å². The van der Waals surface area contributed by atoms with Gasteiger partial charge in [-0.05, 0) is 40.0 Å². The number of aliphatic imine (C=N–C) groups is 1. The van der Waals surface area contributed by atoms with Gasteiger partial charge in [-0.2, -0.15) is 0 Å². The van der Waals surface area contributed by atoms with Crippen molar-refractivity contribution in [1.82, 2.24) is 0 Å². The lowest BCUT2D eigenvalue weighted by Crippen LogP contribution is -2.17. The Balaban J connectivity index is 1.98. The summed E-state index contributed by atoms with van der Waals surface area (Å²) in [5, 5.41) is 4.77. The van der Waals surface area contributed by atoms with Gasteiger partial charge in [0.25, 0.3) is 0 Å². The van der Waals surface area contributed by atoms with E-state index in [9.17, 15) is 4.39 Å². The largest absolute Gasteiger partial charge is 0.334 e. The first-order valence-corrected chi connectivity index (χ1v) is 8.24. The van der Waals surface area contributed by atoms with Crippen LogP contribution in [0.4, 0.5) is 10.1 Å². The fourth-order valence-corrected chi connectivity index (χ4v) is 4.01. The zero-order chi connectivity index (χ0) is 13.8. The quantitative estimate of drug-likeness (QED) is 0.839. The maximum Gasteiger partial charge on any atom is 0.161 e. The standard InChI is InChI=1S/C14H18BrFN2S/c1-3-9(4-2)13-8-17-14(19-13)18-12-6-5-10(16)7-11(12)15/h5-7,9,13H,3-4,8H2,1-2H3,(H,17,18). The number of benzene rings is 1. The van der Waals surface area contributed by atoms with Crippen molar-refractivity contribution in [3.8, 4) is 0 Å². The molecule has 0 spiro atoms. The molecule has 104 valence electrons. The van der Waals surface area contributed by atoms with Gasteiger partial charge < -0.3 is 5.32 Å². The number of hydrogen-bond acceptors (Lipinski definition) is 3. The summed E-state index contributed by atoms with van der Waals surface area (Å²) in [6.07, 6.45) is 2.38. The van der Waals surface area contributed by atoms with Crippen LogP contribution >= 0.6 is 27.7 Å². The highest BCUT2D eigenvalue weighted by Crippen LogP contribution is 2.32. The third-order valence-corrected chi connectivity index (χ3v) is 5.37. The number of rotatable bonds is 4. The molecule has 1 N–H and O–H groups in total. The van der Waals surface area contributed by atoms with Crippen molar-refractivity contribution < 1.29 is 4.39 Å². The van der Waals surface area contributed by atoms with E-state index in [0.717, 1.165) is 21.9 Å². The third-order valence-electron chi connectivity index (χ3n) is 3.43. The van der Waals surface area contributed by atoms with Gasteiger partial charge in [-0.25, -0.2) is 4.39 Å². The first-order valence-electron chi connectivity index (χ1n) is 6.57. The Labute approximate surface area is 126 Å². The monoisotopic (exact) mass is 344 g/mol. The summed E-state index contributed by atoms with van der Waals surface area (Å²) >= 11 is 5.16. The fourth-order valence-electron chi connectivity index (χ4n) is 2.23. The average Bonchev–Trinajstić information content (AvgIpc) is 2.83. The molecular formula is C14H18BrFN2S. The second-order valence-electron chi connectivity index (χ2n) is 4.63. The van der Waals surface area contributed by atoms with E-state index in [0.29, 0.717) is 11.2 Å². The van der Waals surface area contributed by atoms with Gasteiger partial charge in [0, 0.05) is 9.72 Å². The lowest BCUT2D eigenvalue weighted by atomic mass is 9.99. The van der Waals surface area contributed by atoms with Crippen LogP contribution in [0.1, 0.15) is 26.7 Å². The molecule has 1 unspecified atom stereocenters. The molecule has 0 saturated heterocycles. The summed E-state index contributed by atoms with van der Waals surface area (Å²) in [5.74, 6) is 0.470. The van der Waals surface area contributed by atoms with Crippen molar-refractivity contribution in [3.05, 3.63) is 28.5 Å². The molecular weight excluding hydrogens is 327 g/mol. The molecule has 1 aliphatic heterocycles. The zero-order valence-corrected chi connectivity index (χ0v) is 13.5. The first-order chi connectivity index (χ1) is 9.13. The predicted octanol–water partition coefficient (Wildman–Crippen LogP) is 4.91. The third kappa shape index (κ3) is 3.72. The van der Waals surface area contributed by atoms with Crippen LogP contribution in [-0.2, 0) is 0 Å². The summed E-state index contributed by atoms with van der Waals surface area (Å²) < 4.78 is 13.8. The minimum Gasteiger partial charge on any atom is -0.334 e. The summed E-state index contributed by atoms with van der Waals surface area (Å²) in [5.41, 5.74) is 0.859. The molecule has 19 heavy (non-hydrogen) atoms. The van der Waals surface area contributed by atoms with Gasteiger partial charge in [0.2, 0.25) is 0 Å². The molecule has 0 amide bonds. The van der Waals surface area contributed by atoms with E-state index in [2.05, 4.69) is 40.1 Å². The summed E-state index contributed by atoms with van der Waals surface area (Å²) in [6.45, 7) is 5.34. The van der Waals surface area contributed by atoms with Gasteiger partial charge in [-0.3, -0.25) is 4.99 Å². The fraction of sp³-hybridized carbons (Fsp3) is 0.500. The van der Waals surface area contributed by atoms with E-state index in [1.807, 2.05) is 0 Å². The van der Waals surface area contributed by atoms with E-state index in [4.69, 9.17) is 0 Å². The molecule has 0 aliphatic carbocycles. The van der Waals surface area contributed by atoms with Crippen LogP contribution < -0.4 is 5.32 Å². The minimum atomic E-state index is -0.242. The van der Waals surface area contributed by atoms with Gasteiger partial charge in [-0.15, -0.1) is 0 Å². The minimum absolute atomic E-state index is 0.242. The van der Waals surface area contributed by atoms with Crippen LogP contribution in [0.2, 0.25) is 0 Å². The summed E-state index contributed by atoms with van der Waals surface area (Å²) in [6, 6.07) is 4.64. The van der Waals surface area contributed by atoms with E-state index in [1.54, 1.807) is 17.8 Å². The average molecular weight is 345 g/mol. The Morgan fingerprint density at radius 3 is 2.84 bits per heavy atom. The second kappa shape index (κ2) is 6.75. The normalized spacial score (nSPS) is 18.8. The van der Waals surface area contributed by atoms with Crippen molar-refractivity contribution in [2.45, 2.75) is 31.9 Å². The molecule has 2 nitrogen and oxygen atoms in total. The molecule has 1 aromatic rings. The molecule has 0 saturated carbocycles. The van der Waals surface area contributed by atoms with E-state index in [-0.39, 0.29) is 5.82 Å². The predicted molar refractivity (Wildman–Crippen MR) is 85.5 cm³/mol. The van der Waals surface area contributed by atoms with Crippen molar-refractivity contribution in [2.75, 3.05) is 11.9 Å². The van der Waals surface area contributed by atoms with E-state index < -0.39 is 0 Å². The van der Waals surface area contributed by atoms with E-state index >= 15 is 0 Å². The summed E-state index contributed by atoms with van der Waals surface area (Å²) in [7, 11) is 0. The van der Waals surface area contributed by atoms with Crippen molar-refractivity contribution in [3.63, 3.8) is 0 Å². The number of amidine groups is 1. The molecule has 1 aliphatic rings. The maximum atomic E-state index is 13.0. The highest BCUT2D eigenvalue weighted by Gasteiger charge is 2.26. The van der Waals surface area contributed by atoms with Crippen LogP contribution in [-0.4, -0.2) is 17.0 Å². The highest BCUT2D eigenvalue weighted by molar-refractivity contribution is 9.10. The molecule has 1 aromatic carbocycles. The Hall–Kier alpha value is -0.550. The Bertz CT molecular complexity index is 475. The topological polar surface area (TPSA) is 24.4 Å². The van der Waals surface area contributed by atoms with Crippen LogP contribution in [0, 0.1) is 11.7 Å². The Kier molecular flexibility index (Phi) is 5.28. The SMILES string of the molecule is CCC(CC)C1CN=C(Nc2ccc(F)cc2Br)S1. The maximum absolute atomic E-state index is 13.0. The number of hydrogen-bond donors (Lipinski definition) is 1. The molecule has 1 atom stereocenters. The van der Waals surface area contributed by atoms with Gasteiger partial charge in [0.05, 0.1) is 12.2 Å². The Morgan fingerprint density at radius 1 is 1.47 bits per heavy atom. The van der Waals surface area contributed by atoms with Crippen LogP contribution in [0.25, 0.3) is 0 Å². The molecule has 0 radical (unpaired) electrons. The van der Waals surface area contributed by atoms with Gasteiger partial charge in [-0.1, -0.05) is 38.5 Å². The molecule has 0 fully saturated rings. The van der Waals surface area contributed by atoms with E-state index in [1.165, 1.54) is 25.0 Å². The molecule has 1 heterocycles. The van der Waals surface area contributed by atoms with Crippen LogP contribution in [0.5, 0.6) is 0 Å². The zero-order valence-electron chi connectivity index (χ0n) is 11.1. The number of anilines is 1. The first kappa shape index (κ1) is 14.9. The lowest BCUT2D eigenvalue weighted by Gasteiger charge is -2.18. The van der Waals surface area contributed by atoms with Crippen molar-refractivity contribution >= 4 is 38.5 Å².